The Bertz CT molecular complexity index is 746. The summed E-state index contributed by atoms with van der Waals surface area (Å²) in [7, 11) is 0. The van der Waals surface area contributed by atoms with Crippen molar-refractivity contribution >= 4 is 23.6 Å². The van der Waals surface area contributed by atoms with E-state index in [9.17, 15) is 14.4 Å². The molecule has 1 rings (SSSR count). The van der Waals surface area contributed by atoms with Gasteiger partial charge in [0, 0.05) is 6.54 Å². The average molecular weight is 453 g/mol. The Labute approximate surface area is 189 Å². The summed E-state index contributed by atoms with van der Waals surface area (Å²) >= 11 is 0. The van der Waals surface area contributed by atoms with Gasteiger partial charge in [0.2, 0.25) is 0 Å². The predicted molar refractivity (Wildman–Crippen MR) is 122 cm³/mol. The second-order valence-electron chi connectivity index (χ2n) is 8.25. The largest absolute Gasteiger partial charge is 0.481 e. The molecule has 0 aromatic heterocycles. The minimum atomic E-state index is -2.74. The van der Waals surface area contributed by atoms with E-state index in [-0.39, 0.29) is 0 Å². The fourth-order valence-electron chi connectivity index (χ4n) is 2.84. The maximum atomic E-state index is 10.3. The summed E-state index contributed by atoms with van der Waals surface area (Å²) in [5.74, 6) is 1.79. The standard InChI is InChI=1S/C17H28N2.C6H8O7/c1-14(2)6-5-7-15(3)12-13-19(18)17-10-8-16(4)9-11-17;7-3(8)1-6(13,5(11)12)2-4(9)10/h8-11,15H,1,5-7,12-13,18H2,2-4H3;13H,1-2H2,(H,7,8)(H,9,10)(H,11,12). The molecule has 180 valence electrons. The van der Waals surface area contributed by atoms with Crippen LogP contribution in [0.5, 0.6) is 0 Å². The maximum Gasteiger partial charge on any atom is 0.336 e. The fraction of sp³-hybridized carbons (Fsp3) is 0.522. The van der Waals surface area contributed by atoms with Crippen molar-refractivity contribution in [1.29, 1.82) is 0 Å². The number of carbonyl (C=O) groups is 3. The van der Waals surface area contributed by atoms with Crippen LogP contribution in [0.15, 0.2) is 36.4 Å². The molecule has 0 spiro atoms. The van der Waals surface area contributed by atoms with Gasteiger partial charge in [0.1, 0.15) is 0 Å². The number of nitrogens with zero attached hydrogens (tertiary/aromatic N) is 1. The minimum absolute atomic E-state index is 0.718. The molecule has 0 heterocycles. The van der Waals surface area contributed by atoms with Crippen molar-refractivity contribution in [3.05, 3.63) is 42.0 Å². The Hall–Kier alpha value is -2.91. The lowest BCUT2D eigenvalue weighted by atomic mass is 9.96. The molecule has 9 nitrogen and oxygen atoms in total. The Morgan fingerprint density at radius 3 is 1.97 bits per heavy atom. The van der Waals surface area contributed by atoms with E-state index in [0.717, 1.165) is 31.0 Å². The van der Waals surface area contributed by atoms with Crippen LogP contribution in [0.1, 0.15) is 57.9 Å². The quantitative estimate of drug-likeness (QED) is 0.172. The van der Waals surface area contributed by atoms with Crippen molar-refractivity contribution in [1.82, 2.24) is 0 Å². The van der Waals surface area contributed by atoms with Crippen LogP contribution >= 0.6 is 0 Å². The highest BCUT2D eigenvalue weighted by molar-refractivity contribution is 5.88. The number of hydrogen-bond donors (Lipinski definition) is 5. The van der Waals surface area contributed by atoms with Crippen molar-refractivity contribution < 1.29 is 34.8 Å². The van der Waals surface area contributed by atoms with Crippen molar-refractivity contribution in [2.24, 2.45) is 11.8 Å². The average Bonchev–Trinajstić information content (AvgIpc) is 2.65. The van der Waals surface area contributed by atoms with Gasteiger partial charge in [-0.05, 0) is 51.2 Å². The van der Waals surface area contributed by atoms with Gasteiger partial charge in [0.15, 0.2) is 5.60 Å². The molecule has 0 aliphatic rings. The van der Waals surface area contributed by atoms with E-state index in [2.05, 4.69) is 51.6 Å². The first-order chi connectivity index (χ1) is 14.8. The zero-order valence-electron chi connectivity index (χ0n) is 19.1. The smallest absolute Gasteiger partial charge is 0.336 e. The minimum Gasteiger partial charge on any atom is -0.481 e. The lowest BCUT2D eigenvalue weighted by Crippen LogP contribution is -2.42. The number of allylic oxidation sites excluding steroid dienone is 1. The van der Waals surface area contributed by atoms with E-state index < -0.39 is 36.4 Å². The molecule has 0 fully saturated rings. The van der Waals surface area contributed by atoms with Crippen LogP contribution in [0.2, 0.25) is 0 Å². The lowest BCUT2D eigenvalue weighted by molar-refractivity contribution is -0.170. The van der Waals surface area contributed by atoms with E-state index in [4.69, 9.17) is 26.3 Å². The molecule has 1 aromatic carbocycles. The zero-order valence-corrected chi connectivity index (χ0v) is 19.1. The summed E-state index contributed by atoms with van der Waals surface area (Å²) in [4.78, 5) is 30.5. The number of hydrazine groups is 1. The van der Waals surface area contributed by atoms with Crippen LogP contribution in [0.4, 0.5) is 5.69 Å². The van der Waals surface area contributed by atoms with Crippen LogP contribution in [-0.4, -0.2) is 50.5 Å². The van der Waals surface area contributed by atoms with Gasteiger partial charge in [0.25, 0.3) is 0 Å². The number of rotatable bonds is 13. The molecule has 0 bridgehead atoms. The van der Waals surface area contributed by atoms with Gasteiger partial charge in [-0.1, -0.05) is 36.6 Å². The first-order valence-corrected chi connectivity index (χ1v) is 10.4. The number of nitrogens with two attached hydrogens (primary N) is 1. The van der Waals surface area contributed by atoms with Gasteiger partial charge in [0.05, 0.1) is 18.5 Å². The molecule has 32 heavy (non-hydrogen) atoms. The summed E-state index contributed by atoms with van der Waals surface area (Å²) < 4.78 is 0. The normalized spacial score (nSPS) is 11.7. The van der Waals surface area contributed by atoms with Crippen LogP contribution in [0, 0.1) is 12.8 Å². The van der Waals surface area contributed by atoms with Crippen molar-refractivity contribution in [2.75, 3.05) is 11.6 Å². The number of aliphatic carboxylic acids is 3. The zero-order chi connectivity index (χ0) is 24.9. The molecule has 0 aliphatic heterocycles. The van der Waals surface area contributed by atoms with Crippen LogP contribution in [0.25, 0.3) is 0 Å². The van der Waals surface area contributed by atoms with Gasteiger partial charge >= 0.3 is 17.9 Å². The second kappa shape index (κ2) is 14.2. The van der Waals surface area contributed by atoms with Crippen LogP contribution in [-0.2, 0) is 14.4 Å². The fourth-order valence-corrected chi connectivity index (χ4v) is 2.84. The molecule has 0 amide bonds. The highest BCUT2D eigenvalue weighted by Gasteiger charge is 2.40. The lowest BCUT2D eigenvalue weighted by Gasteiger charge is -2.21. The third-order valence-electron chi connectivity index (χ3n) is 4.81. The summed E-state index contributed by atoms with van der Waals surface area (Å²) in [6.45, 7) is 11.4. The molecule has 1 unspecified atom stereocenters. The number of aryl methyl sites for hydroxylation is 1. The topological polar surface area (TPSA) is 161 Å². The predicted octanol–water partition coefficient (Wildman–Crippen LogP) is 3.20. The van der Waals surface area contributed by atoms with E-state index >= 15 is 0 Å². The molecule has 1 atom stereocenters. The van der Waals surface area contributed by atoms with Crippen molar-refractivity contribution in [3.63, 3.8) is 0 Å². The second-order valence-corrected chi connectivity index (χ2v) is 8.25. The van der Waals surface area contributed by atoms with Crippen molar-refractivity contribution in [2.45, 2.75) is 64.9 Å². The summed E-state index contributed by atoms with van der Waals surface area (Å²) in [6, 6.07) is 8.37. The van der Waals surface area contributed by atoms with Gasteiger partial charge in [-0.25, -0.2) is 10.6 Å². The number of aliphatic hydroxyl groups is 1. The van der Waals surface area contributed by atoms with Gasteiger partial charge in [-0.15, -0.1) is 6.58 Å². The molecule has 9 heteroatoms. The number of carboxylic acid groups (broad SMARTS) is 3. The number of carboxylic acids is 3. The van der Waals surface area contributed by atoms with Crippen LogP contribution < -0.4 is 10.9 Å². The highest BCUT2D eigenvalue weighted by Crippen LogP contribution is 2.17. The molecule has 0 saturated carbocycles. The molecular formula is C23H36N2O7. The third-order valence-corrected chi connectivity index (χ3v) is 4.81. The highest BCUT2D eigenvalue weighted by atomic mass is 16.4. The van der Waals surface area contributed by atoms with Crippen molar-refractivity contribution in [3.8, 4) is 0 Å². The SMILES string of the molecule is C=C(C)CCCC(C)CCN(N)c1ccc(C)cc1.O=C(O)CC(O)(CC(=O)O)C(=O)O. The maximum absolute atomic E-state index is 10.3. The van der Waals surface area contributed by atoms with E-state index in [1.54, 1.807) is 0 Å². The molecule has 6 N–H and O–H groups in total. The van der Waals surface area contributed by atoms with Crippen LogP contribution in [0.3, 0.4) is 0 Å². The van der Waals surface area contributed by atoms with E-state index in [0.29, 0.717) is 0 Å². The molecular weight excluding hydrogens is 416 g/mol. The number of anilines is 1. The van der Waals surface area contributed by atoms with E-state index in [1.165, 1.54) is 24.0 Å². The Kier molecular flexibility index (Phi) is 12.9. The third kappa shape index (κ3) is 12.7. The summed E-state index contributed by atoms with van der Waals surface area (Å²) in [5.41, 5.74) is 0.912. The molecule has 0 radical (unpaired) electrons. The van der Waals surface area contributed by atoms with E-state index in [1.807, 2.05) is 5.01 Å². The Morgan fingerprint density at radius 1 is 1.06 bits per heavy atom. The Morgan fingerprint density at radius 2 is 1.56 bits per heavy atom. The van der Waals surface area contributed by atoms with Gasteiger partial charge < -0.3 is 25.4 Å². The summed E-state index contributed by atoms with van der Waals surface area (Å²) in [6.07, 6.45) is 2.50. The molecule has 1 aromatic rings. The Balaban J connectivity index is 0.000000649. The first kappa shape index (κ1) is 29.1. The number of benzene rings is 1. The first-order valence-electron chi connectivity index (χ1n) is 10.4. The molecule has 0 saturated heterocycles. The molecule has 0 aliphatic carbocycles. The van der Waals surface area contributed by atoms with Gasteiger partial charge in [-0.3, -0.25) is 9.59 Å². The van der Waals surface area contributed by atoms with Gasteiger partial charge in [-0.2, -0.15) is 0 Å². The summed E-state index contributed by atoms with van der Waals surface area (Å²) in [5, 5.41) is 35.7. The monoisotopic (exact) mass is 452 g/mol. The number of hydrogen-bond acceptors (Lipinski definition) is 6.